The van der Waals surface area contributed by atoms with Gasteiger partial charge in [0.15, 0.2) is 11.5 Å². The Morgan fingerprint density at radius 1 is 1.04 bits per heavy atom. The Morgan fingerprint density at radius 2 is 1.68 bits per heavy atom. The van der Waals surface area contributed by atoms with Crippen LogP contribution in [0.2, 0.25) is 0 Å². The number of thioether (sulfide) groups is 1. The number of benzene rings is 2. The summed E-state index contributed by atoms with van der Waals surface area (Å²) in [7, 11) is 3.05. The molecule has 0 heterocycles. The molecular weight excluding hydrogens is 355 g/mol. The lowest BCUT2D eigenvalue weighted by molar-refractivity contribution is -0.137. The number of anilines is 1. The van der Waals surface area contributed by atoms with Gasteiger partial charge in [0.05, 0.1) is 25.5 Å². The molecule has 8 heteroatoms. The lowest BCUT2D eigenvalue weighted by Gasteiger charge is -2.10. The zero-order chi connectivity index (χ0) is 18.4. The predicted octanol–water partition coefficient (Wildman–Crippen LogP) is 4.45. The highest BCUT2D eigenvalue weighted by Crippen LogP contribution is 2.32. The van der Waals surface area contributed by atoms with E-state index < -0.39 is 11.7 Å². The van der Waals surface area contributed by atoms with Gasteiger partial charge in [0.2, 0.25) is 5.91 Å². The molecule has 0 spiro atoms. The van der Waals surface area contributed by atoms with Crippen molar-refractivity contribution in [2.24, 2.45) is 0 Å². The minimum atomic E-state index is -4.40. The number of ether oxygens (including phenoxy) is 2. The van der Waals surface area contributed by atoms with Gasteiger partial charge in [0, 0.05) is 10.6 Å². The van der Waals surface area contributed by atoms with Crippen LogP contribution in [0.3, 0.4) is 0 Å². The second-order valence-corrected chi connectivity index (χ2v) is 5.98. The first kappa shape index (κ1) is 19.0. The Hall–Kier alpha value is -2.35. The summed E-state index contributed by atoms with van der Waals surface area (Å²) in [4.78, 5) is 12.7. The highest BCUT2D eigenvalue weighted by atomic mass is 32.2. The summed E-state index contributed by atoms with van der Waals surface area (Å²) in [5.41, 5.74) is -0.448. The second kappa shape index (κ2) is 8.15. The third-order valence-electron chi connectivity index (χ3n) is 3.22. The van der Waals surface area contributed by atoms with Gasteiger partial charge in [0.1, 0.15) is 0 Å². The SMILES string of the molecule is COc1ccc(SCC(=O)Nc2ccc(C(F)(F)F)cc2)cc1OC. The van der Waals surface area contributed by atoms with Gasteiger partial charge in [-0.25, -0.2) is 0 Å². The Morgan fingerprint density at radius 3 is 2.24 bits per heavy atom. The van der Waals surface area contributed by atoms with Crippen LogP contribution in [0.4, 0.5) is 18.9 Å². The second-order valence-electron chi connectivity index (χ2n) is 4.93. The quantitative estimate of drug-likeness (QED) is 0.762. The molecule has 0 unspecified atom stereocenters. The van der Waals surface area contributed by atoms with Crippen LogP contribution < -0.4 is 14.8 Å². The van der Waals surface area contributed by atoms with Gasteiger partial charge >= 0.3 is 6.18 Å². The molecule has 0 aliphatic rings. The van der Waals surface area contributed by atoms with E-state index in [1.807, 2.05) is 0 Å². The van der Waals surface area contributed by atoms with E-state index in [4.69, 9.17) is 9.47 Å². The summed E-state index contributed by atoms with van der Waals surface area (Å²) in [5.74, 6) is 0.924. The Labute approximate surface area is 147 Å². The van der Waals surface area contributed by atoms with Crippen LogP contribution in [0.1, 0.15) is 5.56 Å². The first-order chi connectivity index (χ1) is 11.8. The number of alkyl halides is 3. The molecule has 2 aromatic rings. The molecule has 0 saturated heterocycles. The van der Waals surface area contributed by atoms with Gasteiger partial charge < -0.3 is 14.8 Å². The van der Waals surface area contributed by atoms with Crippen LogP contribution in [0, 0.1) is 0 Å². The van der Waals surface area contributed by atoms with Crippen molar-refractivity contribution in [1.29, 1.82) is 0 Å². The number of hydrogen-bond acceptors (Lipinski definition) is 4. The van der Waals surface area contributed by atoms with Gasteiger partial charge in [0.25, 0.3) is 0 Å². The first-order valence-corrected chi connectivity index (χ1v) is 8.14. The van der Waals surface area contributed by atoms with Gasteiger partial charge in [-0.1, -0.05) is 0 Å². The van der Waals surface area contributed by atoms with Crippen molar-refractivity contribution >= 4 is 23.4 Å². The number of carbonyl (C=O) groups is 1. The molecule has 0 aromatic heterocycles. The molecule has 0 saturated carbocycles. The lowest BCUT2D eigenvalue weighted by atomic mass is 10.2. The molecule has 2 rings (SSSR count). The number of rotatable bonds is 6. The van der Waals surface area contributed by atoms with E-state index in [0.717, 1.165) is 17.0 Å². The van der Waals surface area contributed by atoms with Gasteiger partial charge in [-0.05, 0) is 42.5 Å². The fourth-order valence-corrected chi connectivity index (χ4v) is 2.72. The summed E-state index contributed by atoms with van der Waals surface area (Å²) in [6, 6.07) is 9.57. The highest BCUT2D eigenvalue weighted by molar-refractivity contribution is 8.00. The van der Waals surface area contributed by atoms with Crippen molar-refractivity contribution in [3.63, 3.8) is 0 Å². The molecule has 0 aliphatic heterocycles. The molecule has 0 radical (unpaired) electrons. The van der Waals surface area contributed by atoms with Crippen LogP contribution in [-0.4, -0.2) is 25.9 Å². The predicted molar refractivity (Wildman–Crippen MR) is 90.3 cm³/mol. The Kier molecular flexibility index (Phi) is 6.19. The fourth-order valence-electron chi connectivity index (χ4n) is 1.99. The van der Waals surface area contributed by atoms with Crippen LogP contribution in [-0.2, 0) is 11.0 Å². The first-order valence-electron chi connectivity index (χ1n) is 7.15. The maximum absolute atomic E-state index is 12.5. The van der Waals surface area contributed by atoms with Crippen molar-refractivity contribution in [2.45, 2.75) is 11.1 Å². The zero-order valence-corrected chi connectivity index (χ0v) is 14.3. The molecule has 134 valence electrons. The zero-order valence-electron chi connectivity index (χ0n) is 13.5. The molecule has 0 bridgehead atoms. The largest absolute Gasteiger partial charge is 0.493 e. The van der Waals surface area contributed by atoms with Gasteiger partial charge in [-0.2, -0.15) is 13.2 Å². The maximum Gasteiger partial charge on any atom is 0.416 e. The van der Waals surface area contributed by atoms with Crippen molar-refractivity contribution in [3.8, 4) is 11.5 Å². The number of amides is 1. The number of carbonyl (C=O) groups excluding carboxylic acids is 1. The molecule has 25 heavy (non-hydrogen) atoms. The molecule has 2 aromatic carbocycles. The molecule has 0 aliphatic carbocycles. The van der Waals surface area contributed by atoms with Crippen molar-refractivity contribution < 1.29 is 27.4 Å². The van der Waals surface area contributed by atoms with Crippen LogP contribution in [0.25, 0.3) is 0 Å². The average molecular weight is 371 g/mol. The smallest absolute Gasteiger partial charge is 0.416 e. The van der Waals surface area contributed by atoms with E-state index in [-0.39, 0.29) is 11.7 Å². The molecule has 0 fully saturated rings. The molecule has 1 amide bonds. The number of methoxy groups -OCH3 is 2. The number of hydrogen-bond donors (Lipinski definition) is 1. The molecule has 4 nitrogen and oxygen atoms in total. The summed E-state index contributed by atoms with van der Waals surface area (Å²) >= 11 is 1.28. The summed E-state index contributed by atoms with van der Waals surface area (Å²) < 4.78 is 47.8. The Balaban J connectivity index is 1.92. The normalized spacial score (nSPS) is 11.1. The minimum Gasteiger partial charge on any atom is -0.493 e. The van der Waals surface area contributed by atoms with Crippen molar-refractivity contribution in [1.82, 2.24) is 0 Å². The number of halogens is 3. The third kappa shape index (κ3) is 5.32. The fraction of sp³-hybridized carbons (Fsp3) is 0.235. The number of nitrogens with one attached hydrogen (secondary N) is 1. The average Bonchev–Trinajstić information content (AvgIpc) is 2.59. The minimum absolute atomic E-state index is 0.108. The highest BCUT2D eigenvalue weighted by Gasteiger charge is 2.29. The molecular formula is C17H16F3NO3S. The van der Waals surface area contributed by atoms with E-state index in [1.54, 1.807) is 18.2 Å². The summed E-state index contributed by atoms with van der Waals surface area (Å²) in [5, 5.41) is 2.56. The van der Waals surface area contributed by atoms with Crippen molar-refractivity contribution in [2.75, 3.05) is 25.3 Å². The molecule has 0 atom stereocenters. The monoisotopic (exact) mass is 371 g/mol. The van der Waals surface area contributed by atoms with E-state index in [1.165, 1.54) is 38.1 Å². The Bertz CT molecular complexity index is 733. The van der Waals surface area contributed by atoms with Gasteiger partial charge in [-0.3, -0.25) is 4.79 Å². The van der Waals surface area contributed by atoms with Gasteiger partial charge in [-0.15, -0.1) is 11.8 Å². The third-order valence-corrected chi connectivity index (χ3v) is 4.21. The van der Waals surface area contributed by atoms with E-state index in [0.29, 0.717) is 17.2 Å². The lowest BCUT2D eigenvalue weighted by Crippen LogP contribution is -2.14. The van der Waals surface area contributed by atoms with Crippen molar-refractivity contribution in [3.05, 3.63) is 48.0 Å². The summed E-state index contributed by atoms with van der Waals surface area (Å²) in [6.45, 7) is 0. The van der Waals surface area contributed by atoms with E-state index in [9.17, 15) is 18.0 Å². The van der Waals surface area contributed by atoms with Crippen LogP contribution >= 0.6 is 11.8 Å². The summed E-state index contributed by atoms with van der Waals surface area (Å²) in [6.07, 6.45) is -4.40. The van der Waals surface area contributed by atoms with Crippen LogP contribution in [0.15, 0.2) is 47.4 Å². The molecule has 1 N–H and O–H groups in total. The standard InChI is InChI=1S/C17H16F3NO3S/c1-23-14-8-7-13(9-15(14)24-2)25-10-16(22)21-12-5-3-11(4-6-12)17(18,19)20/h3-9H,10H2,1-2H3,(H,21,22). The topological polar surface area (TPSA) is 47.6 Å². The van der Waals surface area contributed by atoms with E-state index in [2.05, 4.69) is 5.32 Å². The maximum atomic E-state index is 12.5. The van der Waals surface area contributed by atoms with Crippen LogP contribution in [0.5, 0.6) is 11.5 Å². The van der Waals surface area contributed by atoms with E-state index >= 15 is 0 Å².